The largest absolute Gasteiger partial charge is 0.370 e. The molecule has 0 bridgehead atoms. The van der Waals surface area contributed by atoms with Crippen LogP contribution in [0.3, 0.4) is 0 Å². The first-order valence-corrected chi connectivity index (χ1v) is 13.1. The zero-order valence-corrected chi connectivity index (χ0v) is 20.6. The highest BCUT2D eigenvalue weighted by Gasteiger charge is 2.24. The Morgan fingerprint density at radius 3 is 2.71 bits per heavy atom. The minimum Gasteiger partial charge on any atom is -0.370 e. The third-order valence-corrected chi connectivity index (χ3v) is 7.03. The zero-order chi connectivity index (χ0) is 23.6. The molecule has 4 rings (SSSR count). The van der Waals surface area contributed by atoms with E-state index < -0.39 is 0 Å². The van der Waals surface area contributed by atoms with E-state index in [-0.39, 0.29) is 5.91 Å². The van der Waals surface area contributed by atoms with Gasteiger partial charge >= 0.3 is 0 Å². The summed E-state index contributed by atoms with van der Waals surface area (Å²) in [6.45, 7) is 8.15. The Hall–Kier alpha value is -2.67. The van der Waals surface area contributed by atoms with Crippen molar-refractivity contribution in [3.05, 3.63) is 48.3 Å². The van der Waals surface area contributed by atoms with Crippen LogP contribution in [0.15, 0.2) is 42.7 Å². The molecule has 1 aromatic carbocycles. The summed E-state index contributed by atoms with van der Waals surface area (Å²) in [5, 5.41) is 6.65. The van der Waals surface area contributed by atoms with Crippen LogP contribution in [0.25, 0.3) is 0 Å². The highest BCUT2D eigenvalue weighted by atomic mass is 16.1. The number of carbonyl (C=O) groups excluding carboxylic acids is 1. The van der Waals surface area contributed by atoms with Gasteiger partial charge in [0.15, 0.2) is 0 Å². The first-order chi connectivity index (χ1) is 16.7. The predicted octanol–water partition coefficient (Wildman–Crippen LogP) is 4.08. The SMILES string of the molecule is CCCNc1cc(N2CCC[C@@H](CCC(=O)NC3CCN(Cc4ccccc4)CC3)C2)ncn1. The van der Waals surface area contributed by atoms with Crippen molar-refractivity contribution in [1.29, 1.82) is 0 Å². The van der Waals surface area contributed by atoms with Crippen LogP contribution >= 0.6 is 0 Å². The van der Waals surface area contributed by atoms with Crippen LogP contribution in [0.5, 0.6) is 0 Å². The van der Waals surface area contributed by atoms with Gasteiger partial charge in [-0.25, -0.2) is 9.97 Å². The number of hydrogen-bond donors (Lipinski definition) is 2. The molecule has 2 N–H and O–H groups in total. The van der Waals surface area contributed by atoms with Gasteiger partial charge < -0.3 is 15.5 Å². The number of benzene rings is 1. The molecule has 184 valence electrons. The number of amides is 1. The summed E-state index contributed by atoms with van der Waals surface area (Å²) in [6.07, 6.45) is 8.70. The zero-order valence-electron chi connectivity index (χ0n) is 20.6. The Kier molecular flexibility index (Phi) is 9.13. The lowest BCUT2D eigenvalue weighted by Crippen LogP contribution is -2.44. The van der Waals surface area contributed by atoms with Gasteiger partial charge in [0.1, 0.15) is 18.0 Å². The standard InChI is InChI=1S/C27H40N6O/c1-2-14-28-25-18-26(30-21-29-25)33-15-6-9-23(20-33)10-11-27(34)31-24-12-16-32(17-13-24)19-22-7-4-3-5-8-22/h3-5,7-8,18,21,23-24H,2,6,9-17,19-20H2,1H3,(H,31,34)(H,28,29,30)/t23-/m0/s1. The summed E-state index contributed by atoms with van der Waals surface area (Å²) in [5.74, 6) is 2.63. The van der Waals surface area contributed by atoms with Crippen molar-refractivity contribution in [2.45, 2.75) is 64.5 Å². The number of likely N-dealkylation sites (tertiary alicyclic amines) is 1. The summed E-state index contributed by atoms with van der Waals surface area (Å²) in [5.41, 5.74) is 1.36. The van der Waals surface area contributed by atoms with E-state index in [9.17, 15) is 4.79 Å². The van der Waals surface area contributed by atoms with E-state index in [0.29, 0.717) is 18.4 Å². The van der Waals surface area contributed by atoms with Gasteiger partial charge in [0, 0.05) is 57.8 Å². The second kappa shape index (κ2) is 12.7. The quantitative estimate of drug-likeness (QED) is 0.552. The summed E-state index contributed by atoms with van der Waals surface area (Å²) in [6, 6.07) is 13.0. The van der Waals surface area contributed by atoms with E-state index in [0.717, 1.165) is 83.0 Å². The Balaban J connectivity index is 1.16. The highest BCUT2D eigenvalue weighted by molar-refractivity contribution is 5.76. The fourth-order valence-electron chi connectivity index (χ4n) is 5.09. The van der Waals surface area contributed by atoms with Gasteiger partial charge in [-0.1, -0.05) is 37.3 Å². The molecular formula is C27H40N6O. The van der Waals surface area contributed by atoms with Gasteiger partial charge in [0.05, 0.1) is 0 Å². The van der Waals surface area contributed by atoms with Crippen LogP contribution in [-0.4, -0.2) is 59.5 Å². The molecule has 0 saturated carbocycles. The van der Waals surface area contributed by atoms with Gasteiger partial charge in [-0.05, 0) is 50.0 Å². The Labute approximate surface area is 204 Å². The number of nitrogens with one attached hydrogen (secondary N) is 2. The molecule has 2 fully saturated rings. The van der Waals surface area contributed by atoms with Gasteiger partial charge in [-0.15, -0.1) is 0 Å². The van der Waals surface area contributed by atoms with Crippen LogP contribution in [0, 0.1) is 5.92 Å². The van der Waals surface area contributed by atoms with Gasteiger partial charge in [-0.2, -0.15) is 0 Å². The number of carbonyl (C=O) groups is 1. The van der Waals surface area contributed by atoms with E-state index in [2.05, 4.69) is 73.7 Å². The second-order valence-corrected chi connectivity index (χ2v) is 9.78. The molecule has 1 atom stereocenters. The topological polar surface area (TPSA) is 73.4 Å². The third-order valence-electron chi connectivity index (χ3n) is 7.03. The highest BCUT2D eigenvalue weighted by Crippen LogP contribution is 2.25. The molecule has 3 heterocycles. The molecule has 2 saturated heterocycles. The van der Waals surface area contributed by atoms with E-state index >= 15 is 0 Å². The summed E-state index contributed by atoms with van der Waals surface area (Å²) < 4.78 is 0. The number of piperidine rings is 2. The Morgan fingerprint density at radius 2 is 1.91 bits per heavy atom. The van der Waals surface area contributed by atoms with Crippen LogP contribution in [0.1, 0.15) is 57.4 Å². The van der Waals surface area contributed by atoms with E-state index in [1.54, 1.807) is 6.33 Å². The molecule has 2 aliphatic heterocycles. The lowest BCUT2D eigenvalue weighted by Gasteiger charge is -2.34. The van der Waals surface area contributed by atoms with Crippen molar-refractivity contribution in [2.24, 2.45) is 5.92 Å². The maximum atomic E-state index is 12.7. The molecular weight excluding hydrogens is 424 g/mol. The molecule has 0 unspecified atom stereocenters. The van der Waals surface area contributed by atoms with Crippen LogP contribution < -0.4 is 15.5 Å². The molecule has 0 aliphatic carbocycles. The molecule has 2 aromatic rings. The fraction of sp³-hybridized carbons (Fsp3) is 0.593. The summed E-state index contributed by atoms with van der Waals surface area (Å²) >= 11 is 0. The smallest absolute Gasteiger partial charge is 0.220 e. The average molecular weight is 465 g/mol. The lowest BCUT2D eigenvalue weighted by molar-refractivity contribution is -0.122. The minimum absolute atomic E-state index is 0.215. The molecule has 1 amide bonds. The van der Waals surface area contributed by atoms with Crippen molar-refractivity contribution in [2.75, 3.05) is 42.9 Å². The summed E-state index contributed by atoms with van der Waals surface area (Å²) in [7, 11) is 0. The normalized spacial score (nSPS) is 19.7. The van der Waals surface area contributed by atoms with E-state index in [1.807, 2.05) is 0 Å². The average Bonchev–Trinajstić information content (AvgIpc) is 2.88. The second-order valence-electron chi connectivity index (χ2n) is 9.78. The van der Waals surface area contributed by atoms with Crippen molar-refractivity contribution in [3.8, 4) is 0 Å². The van der Waals surface area contributed by atoms with E-state index in [4.69, 9.17) is 0 Å². The first-order valence-electron chi connectivity index (χ1n) is 13.1. The van der Waals surface area contributed by atoms with Gasteiger partial charge in [0.25, 0.3) is 0 Å². The Bertz CT molecular complexity index is 884. The van der Waals surface area contributed by atoms with Crippen molar-refractivity contribution in [1.82, 2.24) is 20.2 Å². The van der Waals surface area contributed by atoms with Crippen LogP contribution in [-0.2, 0) is 11.3 Å². The molecule has 2 aliphatic rings. The van der Waals surface area contributed by atoms with Gasteiger partial charge in [0.2, 0.25) is 5.91 Å². The summed E-state index contributed by atoms with van der Waals surface area (Å²) in [4.78, 5) is 26.3. The lowest BCUT2D eigenvalue weighted by atomic mass is 9.93. The minimum atomic E-state index is 0.215. The number of rotatable bonds is 10. The molecule has 0 spiro atoms. The Morgan fingerprint density at radius 1 is 1.09 bits per heavy atom. The predicted molar refractivity (Wildman–Crippen MR) is 138 cm³/mol. The molecule has 1 aromatic heterocycles. The van der Waals surface area contributed by atoms with Crippen molar-refractivity contribution in [3.63, 3.8) is 0 Å². The number of anilines is 2. The fourth-order valence-corrected chi connectivity index (χ4v) is 5.09. The maximum Gasteiger partial charge on any atom is 0.220 e. The molecule has 7 heteroatoms. The molecule has 34 heavy (non-hydrogen) atoms. The van der Waals surface area contributed by atoms with E-state index in [1.165, 1.54) is 12.0 Å². The number of nitrogens with zero attached hydrogens (tertiary/aromatic N) is 4. The first kappa shape index (κ1) is 24.5. The monoisotopic (exact) mass is 464 g/mol. The van der Waals surface area contributed by atoms with Crippen molar-refractivity contribution >= 4 is 17.5 Å². The molecule has 7 nitrogen and oxygen atoms in total. The molecule has 0 radical (unpaired) electrons. The number of hydrogen-bond acceptors (Lipinski definition) is 6. The van der Waals surface area contributed by atoms with Crippen LogP contribution in [0.4, 0.5) is 11.6 Å². The van der Waals surface area contributed by atoms with Gasteiger partial charge in [-0.3, -0.25) is 9.69 Å². The van der Waals surface area contributed by atoms with Crippen molar-refractivity contribution < 1.29 is 4.79 Å². The van der Waals surface area contributed by atoms with Crippen LogP contribution in [0.2, 0.25) is 0 Å². The third kappa shape index (κ3) is 7.42. The maximum absolute atomic E-state index is 12.7. The number of aromatic nitrogens is 2.